The maximum absolute atomic E-state index is 5.79. The molecule has 0 aliphatic heterocycles. The second kappa shape index (κ2) is 9.96. The van der Waals surface area contributed by atoms with E-state index in [1.54, 1.807) is 0 Å². The number of aryl methyl sites for hydroxylation is 1. The minimum absolute atomic E-state index is 0.669. The van der Waals surface area contributed by atoms with E-state index in [1.165, 1.54) is 67.5 Å². The summed E-state index contributed by atoms with van der Waals surface area (Å²) in [5, 5.41) is 0. The highest BCUT2D eigenvalue weighted by Gasteiger charge is 1.99. The number of thiophene rings is 1. The summed E-state index contributed by atoms with van der Waals surface area (Å²) in [7, 11) is 0. The van der Waals surface area contributed by atoms with Crippen LogP contribution in [0.5, 0.6) is 0 Å². The molecular weight excluding hydrogens is 248 g/mol. The SMILES string of the molecule is CCCCCCCCCCc1ccc(CCl)s1. The maximum atomic E-state index is 5.79. The first-order valence-electron chi connectivity index (χ1n) is 7.00. The van der Waals surface area contributed by atoms with E-state index in [-0.39, 0.29) is 0 Å². The van der Waals surface area contributed by atoms with E-state index in [0.29, 0.717) is 5.88 Å². The standard InChI is InChI=1S/C15H25ClS/c1-2-3-4-5-6-7-8-9-10-14-11-12-15(13-16)17-14/h11-12H,2-10,13H2,1H3. The lowest BCUT2D eigenvalue weighted by molar-refractivity contribution is 0.576. The topological polar surface area (TPSA) is 0 Å². The normalized spacial score (nSPS) is 10.9. The van der Waals surface area contributed by atoms with Gasteiger partial charge in [-0.1, -0.05) is 51.9 Å². The van der Waals surface area contributed by atoms with Gasteiger partial charge in [0, 0.05) is 9.75 Å². The van der Waals surface area contributed by atoms with Gasteiger partial charge in [0.1, 0.15) is 0 Å². The summed E-state index contributed by atoms with van der Waals surface area (Å²) in [6, 6.07) is 4.40. The summed E-state index contributed by atoms with van der Waals surface area (Å²) in [6.07, 6.45) is 12.4. The van der Waals surface area contributed by atoms with Gasteiger partial charge >= 0.3 is 0 Å². The van der Waals surface area contributed by atoms with Crippen molar-refractivity contribution in [2.75, 3.05) is 0 Å². The highest BCUT2D eigenvalue weighted by Crippen LogP contribution is 2.20. The number of hydrogen-bond donors (Lipinski definition) is 0. The van der Waals surface area contributed by atoms with Gasteiger partial charge in [-0.05, 0) is 25.0 Å². The van der Waals surface area contributed by atoms with Gasteiger partial charge in [0.25, 0.3) is 0 Å². The van der Waals surface area contributed by atoms with Gasteiger partial charge in [-0.3, -0.25) is 0 Å². The molecule has 0 radical (unpaired) electrons. The molecule has 98 valence electrons. The Kier molecular flexibility index (Phi) is 8.82. The van der Waals surface area contributed by atoms with E-state index in [1.807, 2.05) is 11.3 Å². The van der Waals surface area contributed by atoms with Crippen molar-refractivity contribution in [2.45, 2.75) is 70.6 Å². The molecule has 2 heteroatoms. The zero-order valence-corrected chi connectivity index (χ0v) is 12.6. The Morgan fingerprint density at radius 3 is 2.06 bits per heavy atom. The van der Waals surface area contributed by atoms with Crippen LogP contribution in [-0.2, 0) is 12.3 Å². The molecule has 0 fully saturated rings. The summed E-state index contributed by atoms with van der Waals surface area (Å²) in [5.74, 6) is 0.669. The van der Waals surface area contributed by atoms with Crippen molar-refractivity contribution in [3.8, 4) is 0 Å². The lowest BCUT2D eigenvalue weighted by Gasteiger charge is -2.00. The first-order valence-corrected chi connectivity index (χ1v) is 8.35. The molecule has 0 saturated carbocycles. The number of rotatable bonds is 10. The van der Waals surface area contributed by atoms with Gasteiger partial charge in [0.15, 0.2) is 0 Å². The fourth-order valence-corrected chi connectivity index (χ4v) is 3.22. The average molecular weight is 273 g/mol. The van der Waals surface area contributed by atoms with Crippen LogP contribution in [0.3, 0.4) is 0 Å². The summed E-state index contributed by atoms with van der Waals surface area (Å²) in [4.78, 5) is 2.81. The lowest BCUT2D eigenvalue weighted by atomic mass is 10.1. The number of hydrogen-bond acceptors (Lipinski definition) is 1. The second-order valence-electron chi connectivity index (χ2n) is 4.73. The van der Waals surface area contributed by atoms with Crippen molar-refractivity contribution in [1.82, 2.24) is 0 Å². The molecule has 0 saturated heterocycles. The fraction of sp³-hybridized carbons (Fsp3) is 0.733. The van der Waals surface area contributed by atoms with Crippen molar-refractivity contribution >= 4 is 22.9 Å². The highest BCUT2D eigenvalue weighted by atomic mass is 35.5. The van der Waals surface area contributed by atoms with E-state index in [2.05, 4.69) is 19.1 Å². The van der Waals surface area contributed by atoms with E-state index >= 15 is 0 Å². The van der Waals surface area contributed by atoms with E-state index in [4.69, 9.17) is 11.6 Å². The highest BCUT2D eigenvalue weighted by molar-refractivity contribution is 7.12. The molecule has 1 aromatic rings. The van der Waals surface area contributed by atoms with Crippen molar-refractivity contribution in [1.29, 1.82) is 0 Å². The van der Waals surface area contributed by atoms with Crippen LogP contribution >= 0.6 is 22.9 Å². The molecule has 1 aromatic heterocycles. The largest absolute Gasteiger partial charge is 0.144 e. The van der Waals surface area contributed by atoms with Crippen LogP contribution in [-0.4, -0.2) is 0 Å². The molecule has 0 nitrogen and oxygen atoms in total. The summed E-state index contributed by atoms with van der Waals surface area (Å²) in [6.45, 7) is 2.27. The quantitative estimate of drug-likeness (QED) is 0.353. The molecule has 1 heterocycles. The molecule has 0 amide bonds. The minimum Gasteiger partial charge on any atom is -0.144 e. The van der Waals surface area contributed by atoms with Gasteiger partial charge in [0.2, 0.25) is 0 Å². The predicted octanol–water partition coefficient (Wildman–Crippen LogP) is 6.17. The Balaban J connectivity index is 1.93. The molecule has 0 bridgehead atoms. The van der Waals surface area contributed by atoms with Crippen molar-refractivity contribution < 1.29 is 0 Å². The minimum atomic E-state index is 0.669. The van der Waals surface area contributed by atoms with Gasteiger partial charge in [-0.25, -0.2) is 0 Å². The van der Waals surface area contributed by atoms with Crippen LogP contribution in [0.2, 0.25) is 0 Å². The molecule has 0 aromatic carbocycles. The number of unbranched alkanes of at least 4 members (excludes halogenated alkanes) is 7. The first kappa shape index (κ1) is 15.0. The molecular formula is C15H25ClS. The second-order valence-corrected chi connectivity index (χ2v) is 6.25. The molecule has 0 aliphatic rings. The van der Waals surface area contributed by atoms with Crippen molar-refractivity contribution in [3.05, 3.63) is 21.9 Å². The third kappa shape index (κ3) is 7.10. The third-order valence-corrected chi connectivity index (χ3v) is 4.72. The molecule has 0 unspecified atom stereocenters. The lowest BCUT2D eigenvalue weighted by Crippen LogP contribution is -1.83. The zero-order valence-electron chi connectivity index (χ0n) is 11.0. The summed E-state index contributed by atoms with van der Waals surface area (Å²) in [5.41, 5.74) is 0. The number of alkyl halides is 1. The molecule has 0 aliphatic carbocycles. The van der Waals surface area contributed by atoms with E-state index < -0.39 is 0 Å². The molecule has 1 rings (SSSR count). The van der Waals surface area contributed by atoms with Crippen LogP contribution in [0.4, 0.5) is 0 Å². The smallest absolute Gasteiger partial charge is 0.0568 e. The number of halogens is 1. The molecule has 0 N–H and O–H groups in total. The Hall–Kier alpha value is -0.0100. The average Bonchev–Trinajstić information content (AvgIpc) is 2.80. The van der Waals surface area contributed by atoms with Crippen LogP contribution < -0.4 is 0 Å². The Labute approximate surface area is 115 Å². The summed E-state index contributed by atoms with van der Waals surface area (Å²) < 4.78 is 0. The van der Waals surface area contributed by atoms with Gasteiger partial charge in [-0.15, -0.1) is 22.9 Å². The van der Waals surface area contributed by atoms with E-state index in [9.17, 15) is 0 Å². The molecule has 17 heavy (non-hydrogen) atoms. The Morgan fingerprint density at radius 1 is 0.882 bits per heavy atom. The van der Waals surface area contributed by atoms with E-state index in [0.717, 1.165) is 0 Å². The fourth-order valence-electron chi connectivity index (χ4n) is 2.06. The Bertz CT molecular complexity index is 280. The van der Waals surface area contributed by atoms with Crippen LogP contribution in [0.1, 0.15) is 68.0 Å². The van der Waals surface area contributed by atoms with Gasteiger partial charge < -0.3 is 0 Å². The molecule has 0 spiro atoms. The third-order valence-electron chi connectivity index (χ3n) is 3.13. The predicted molar refractivity (Wildman–Crippen MR) is 80.2 cm³/mol. The van der Waals surface area contributed by atoms with Crippen molar-refractivity contribution in [3.63, 3.8) is 0 Å². The Morgan fingerprint density at radius 2 is 1.47 bits per heavy atom. The van der Waals surface area contributed by atoms with Gasteiger partial charge in [-0.2, -0.15) is 0 Å². The monoisotopic (exact) mass is 272 g/mol. The van der Waals surface area contributed by atoms with Gasteiger partial charge in [0.05, 0.1) is 5.88 Å². The van der Waals surface area contributed by atoms with Crippen LogP contribution in [0, 0.1) is 0 Å². The molecule has 0 atom stereocenters. The summed E-state index contributed by atoms with van der Waals surface area (Å²) >= 11 is 7.67. The first-order chi connectivity index (χ1) is 8.36. The van der Waals surface area contributed by atoms with Crippen molar-refractivity contribution in [2.24, 2.45) is 0 Å². The zero-order chi connectivity index (χ0) is 12.3. The van der Waals surface area contributed by atoms with Crippen LogP contribution in [0.25, 0.3) is 0 Å². The van der Waals surface area contributed by atoms with Crippen LogP contribution in [0.15, 0.2) is 12.1 Å². The maximum Gasteiger partial charge on any atom is 0.0568 e.